The maximum Gasteiger partial charge on any atom is 0.252 e. The van der Waals surface area contributed by atoms with Gasteiger partial charge in [0, 0.05) is 47.9 Å². The molecule has 1 amide bonds. The molecule has 20 heavy (non-hydrogen) atoms. The van der Waals surface area contributed by atoms with Crippen molar-refractivity contribution in [1.82, 2.24) is 15.5 Å². The van der Waals surface area contributed by atoms with Gasteiger partial charge in [-0.2, -0.15) is 0 Å². The number of carbonyl (C=O) groups excluding carboxylic acids is 1. The molecule has 0 saturated carbocycles. The summed E-state index contributed by atoms with van der Waals surface area (Å²) in [6.45, 7) is 5.71. The van der Waals surface area contributed by atoms with Crippen molar-refractivity contribution in [3.63, 3.8) is 0 Å². The van der Waals surface area contributed by atoms with Gasteiger partial charge in [0.15, 0.2) is 0 Å². The Balaban J connectivity index is 0.00000200. The second-order valence-electron chi connectivity index (χ2n) is 4.47. The van der Waals surface area contributed by atoms with E-state index in [1.807, 2.05) is 6.07 Å². The lowest BCUT2D eigenvalue weighted by Crippen LogP contribution is -2.46. The third-order valence-corrected chi connectivity index (χ3v) is 4.27. The van der Waals surface area contributed by atoms with Crippen molar-refractivity contribution < 1.29 is 4.79 Å². The molecule has 1 saturated heterocycles. The molecule has 0 radical (unpaired) electrons. The lowest BCUT2D eigenvalue weighted by atomic mass is 10.2. The highest BCUT2D eigenvalue weighted by molar-refractivity contribution is 14.1. The Kier molecular flexibility index (Phi) is 8.13. The molecule has 0 spiro atoms. The number of nitrogens with one attached hydrogen (secondary N) is 2. The highest BCUT2D eigenvalue weighted by Crippen LogP contribution is 2.17. The summed E-state index contributed by atoms with van der Waals surface area (Å²) in [4.78, 5) is 14.4. The molecule has 1 aromatic carbocycles. The van der Waals surface area contributed by atoms with Crippen molar-refractivity contribution in [2.75, 3.05) is 39.3 Å². The van der Waals surface area contributed by atoms with E-state index in [4.69, 9.17) is 11.6 Å². The molecule has 1 heterocycles. The van der Waals surface area contributed by atoms with E-state index in [-0.39, 0.29) is 18.3 Å². The zero-order valence-corrected chi connectivity index (χ0v) is 14.7. The largest absolute Gasteiger partial charge is 0.351 e. The fourth-order valence-corrected chi connectivity index (χ4v) is 2.78. The van der Waals surface area contributed by atoms with Gasteiger partial charge < -0.3 is 10.6 Å². The SMILES string of the molecule is Cl.O=C(NCCN1CCNCC1)c1cc(Cl)ccc1I. The molecule has 0 unspecified atom stereocenters. The fourth-order valence-electron chi connectivity index (χ4n) is 2.03. The van der Waals surface area contributed by atoms with Crippen LogP contribution < -0.4 is 10.6 Å². The van der Waals surface area contributed by atoms with Crippen molar-refractivity contribution in [3.8, 4) is 0 Å². The summed E-state index contributed by atoms with van der Waals surface area (Å²) < 4.78 is 0.918. The molecule has 2 N–H and O–H groups in total. The number of rotatable bonds is 4. The predicted molar refractivity (Wildman–Crippen MR) is 93.1 cm³/mol. The van der Waals surface area contributed by atoms with Gasteiger partial charge in [0.05, 0.1) is 5.56 Å². The Morgan fingerprint density at radius 1 is 1.40 bits per heavy atom. The number of halogens is 3. The highest BCUT2D eigenvalue weighted by atomic mass is 127. The van der Waals surface area contributed by atoms with E-state index in [2.05, 4.69) is 38.1 Å². The monoisotopic (exact) mass is 429 g/mol. The van der Waals surface area contributed by atoms with Crippen molar-refractivity contribution in [3.05, 3.63) is 32.4 Å². The number of amides is 1. The van der Waals surface area contributed by atoms with Crippen LogP contribution in [-0.4, -0.2) is 50.1 Å². The number of hydrogen-bond acceptors (Lipinski definition) is 3. The summed E-state index contributed by atoms with van der Waals surface area (Å²) in [5.41, 5.74) is 0.647. The van der Waals surface area contributed by atoms with Gasteiger partial charge in [0.1, 0.15) is 0 Å². The van der Waals surface area contributed by atoms with E-state index in [1.165, 1.54) is 0 Å². The van der Waals surface area contributed by atoms with E-state index < -0.39 is 0 Å². The quantitative estimate of drug-likeness (QED) is 0.719. The topological polar surface area (TPSA) is 44.4 Å². The van der Waals surface area contributed by atoms with Crippen molar-refractivity contribution in [2.45, 2.75) is 0 Å². The summed E-state index contributed by atoms with van der Waals surface area (Å²) in [6.07, 6.45) is 0. The molecule has 0 bridgehead atoms. The van der Waals surface area contributed by atoms with Crippen LogP contribution in [-0.2, 0) is 0 Å². The minimum absolute atomic E-state index is 0. The summed E-state index contributed by atoms with van der Waals surface area (Å²) in [7, 11) is 0. The van der Waals surface area contributed by atoms with Gasteiger partial charge in [-0.25, -0.2) is 0 Å². The van der Waals surface area contributed by atoms with E-state index in [1.54, 1.807) is 12.1 Å². The first-order valence-corrected chi connectivity index (χ1v) is 7.79. The predicted octanol–water partition coefficient (Wildman–Crippen LogP) is 2.00. The second-order valence-corrected chi connectivity index (χ2v) is 6.07. The normalized spacial score (nSPS) is 15.5. The summed E-state index contributed by atoms with van der Waals surface area (Å²) in [5.74, 6) is -0.0537. The Labute approximate surface area is 144 Å². The van der Waals surface area contributed by atoms with Gasteiger partial charge in [0.25, 0.3) is 5.91 Å². The van der Waals surface area contributed by atoms with Crippen molar-refractivity contribution in [1.29, 1.82) is 0 Å². The number of benzene rings is 1. The molecule has 1 aromatic rings. The first kappa shape index (κ1) is 18.0. The number of piperazine rings is 1. The van der Waals surface area contributed by atoms with E-state index >= 15 is 0 Å². The van der Waals surface area contributed by atoms with Crippen LogP contribution in [0.4, 0.5) is 0 Å². The molecule has 2 rings (SSSR count). The average Bonchev–Trinajstić information content (AvgIpc) is 2.42. The molecular weight excluding hydrogens is 412 g/mol. The summed E-state index contributed by atoms with van der Waals surface area (Å²) >= 11 is 8.07. The molecule has 1 aliphatic rings. The number of nitrogens with zero attached hydrogens (tertiary/aromatic N) is 1. The highest BCUT2D eigenvalue weighted by Gasteiger charge is 2.12. The first-order chi connectivity index (χ1) is 9.16. The van der Waals surface area contributed by atoms with Crippen LogP contribution in [0.15, 0.2) is 18.2 Å². The molecule has 4 nitrogen and oxygen atoms in total. The smallest absolute Gasteiger partial charge is 0.252 e. The Hall–Kier alpha value is -0.0800. The number of carbonyl (C=O) groups is 1. The third kappa shape index (κ3) is 5.37. The van der Waals surface area contributed by atoms with Crippen molar-refractivity contribution >= 4 is 52.5 Å². The zero-order valence-electron chi connectivity index (χ0n) is 11.0. The average molecular weight is 430 g/mol. The molecule has 7 heteroatoms. The van der Waals surface area contributed by atoms with Crippen molar-refractivity contribution in [2.24, 2.45) is 0 Å². The van der Waals surface area contributed by atoms with Crippen LogP contribution in [0.5, 0.6) is 0 Å². The van der Waals surface area contributed by atoms with Gasteiger partial charge in [-0.15, -0.1) is 12.4 Å². The molecule has 1 aliphatic heterocycles. The lowest BCUT2D eigenvalue weighted by molar-refractivity contribution is 0.0946. The third-order valence-electron chi connectivity index (χ3n) is 3.10. The summed E-state index contributed by atoms with van der Waals surface area (Å²) in [6, 6.07) is 5.36. The van der Waals surface area contributed by atoms with E-state index in [0.717, 1.165) is 36.3 Å². The maximum absolute atomic E-state index is 12.1. The van der Waals surface area contributed by atoms with Crippen LogP contribution in [0.1, 0.15) is 10.4 Å². The Morgan fingerprint density at radius 3 is 2.80 bits per heavy atom. The second kappa shape index (κ2) is 9.04. The minimum Gasteiger partial charge on any atom is -0.351 e. The maximum atomic E-state index is 12.1. The molecule has 0 aromatic heterocycles. The van der Waals surface area contributed by atoms with Crippen LogP contribution in [0, 0.1) is 3.57 Å². The van der Waals surface area contributed by atoms with Gasteiger partial charge in [-0.1, -0.05) is 11.6 Å². The molecule has 1 fully saturated rings. The van der Waals surface area contributed by atoms with Gasteiger partial charge >= 0.3 is 0 Å². The lowest BCUT2D eigenvalue weighted by Gasteiger charge is -2.27. The minimum atomic E-state index is -0.0537. The first-order valence-electron chi connectivity index (χ1n) is 6.33. The van der Waals surface area contributed by atoms with E-state index in [0.29, 0.717) is 17.1 Å². The molecule has 112 valence electrons. The number of hydrogen-bond donors (Lipinski definition) is 2. The summed E-state index contributed by atoms with van der Waals surface area (Å²) in [5, 5.41) is 6.85. The van der Waals surface area contributed by atoms with Gasteiger partial charge in [0.2, 0.25) is 0 Å². The zero-order chi connectivity index (χ0) is 13.7. The van der Waals surface area contributed by atoms with Gasteiger partial charge in [-0.05, 0) is 40.8 Å². The van der Waals surface area contributed by atoms with E-state index in [9.17, 15) is 4.79 Å². The van der Waals surface area contributed by atoms with Crippen LogP contribution in [0.2, 0.25) is 5.02 Å². The standard InChI is InChI=1S/C13H17ClIN3O.ClH/c14-10-1-2-12(15)11(9-10)13(19)17-5-8-18-6-3-16-4-7-18;/h1-2,9,16H,3-8H2,(H,17,19);1H. The van der Waals surface area contributed by atoms with Gasteiger partial charge in [-0.3, -0.25) is 9.69 Å². The van der Waals surface area contributed by atoms with Crippen LogP contribution in [0.25, 0.3) is 0 Å². The fraction of sp³-hybridized carbons (Fsp3) is 0.462. The molecular formula is C13H18Cl2IN3O. The Morgan fingerprint density at radius 2 is 2.10 bits per heavy atom. The van der Waals surface area contributed by atoms with Crippen LogP contribution >= 0.6 is 46.6 Å². The van der Waals surface area contributed by atoms with Crippen LogP contribution in [0.3, 0.4) is 0 Å². The molecule has 0 atom stereocenters. The Bertz CT molecular complexity index is 453. The molecule has 0 aliphatic carbocycles.